The Morgan fingerprint density at radius 3 is 2.74 bits per heavy atom. The van der Waals surface area contributed by atoms with Crippen LogP contribution < -0.4 is 4.74 Å². The molecule has 1 atom stereocenters. The number of hydrogen-bond acceptors (Lipinski definition) is 5. The van der Waals surface area contributed by atoms with Crippen molar-refractivity contribution in [2.45, 2.75) is 31.3 Å². The van der Waals surface area contributed by atoms with Crippen LogP contribution in [0.1, 0.15) is 18.1 Å². The van der Waals surface area contributed by atoms with E-state index in [0.29, 0.717) is 17.7 Å². The molecule has 0 spiro atoms. The monoisotopic (exact) mass is 343 g/mol. The Bertz CT molecular complexity index is 700. The van der Waals surface area contributed by atoms with Gasteiger partial charge in [-0.2, -0.15) is 4.31 Å². The minimum Gasteiger partial charge on any atom is -0.496 e. The number of carbonyl (C=O) groups is 1. The SMILES string of the molecule is CCc1cc(S(=O)(=O)N2CCOC(C(=O)O)C2)c(C)cc1OC. The molecule has 1 aliphatic rings. The summed E-state index contributed by atoms with van der Waals surface area (Å²) in [5.41, 5.74) is 1.36. The maximum Gasteiger partial charge on any atom is 0.334 e. The van der Waals surface area contributed by atoms with Crippen molar-refractivity contribution >= 4 is 16.0 Å². The van der Waals surface area contributed by atoms with Gasteiger partial charge in [0.25, 0.3) is 0 Å². The summed E-state index contributed by atoms with van der Waals surface area (Å²) < 4.78 is 37.3. The molecule has 1 fully saturated rings. The van der Waals surface area contributed by atoms with Gasteiger partial charge in [-0.1, -0.05) is 6.92 Å². The van der Waals surface area contributed by atoms with E-state index < -0.39 is 22.1 Å². The minimum atomic E-state index is -3.78. The number of hydrogen-bond donors (Lipinski definition) is 1. The molecule has 1 heterocycles. The van der Waals surface area contributed by atoms with Gasteiger partial charge in [0.05, 0.1) is 25.2 Å². The number of nitrogens with zero attached hydrogens (tertiary/aromatic N) is 1. The van der Waals surface area contributed by atoms with E-state index in [1.54, 1.807) is 26.2 Å². The van der Waals surface area contributed by atoms with E-state index in [2.05, 4.69) is 0 Å². The number of benzene rings is 1. The summed E-state index contributed by atoms with van der Waals surface area (Å²) in [6.07, 6.45) is -0.505. The van der Waals surface area contributed by atoms with Gasteiger partial charge >= 0.3 is 5.97 Å². The van der Waals surface area contributed by atoms with Gasteiger partial charge in [-0.3, -0.25) is 0 Å². The predicted octanol–water partition coefficient (Wildman–Crippen LogP) is 1.04. The third kappa shape index (κ3) is 3.49. The van der Waals surface area contributed by atoms with Crippen molar-refractivity contribution in [2.75, 3.05) is 26.8 Å². The van der Waals surface area contributed by atoms with E-state index in [1.807, 2.05) is 6.92 Å². The van der Waals surface area contributed by atoms with Gasteiger partial charge in [-0.05, 0) is 36.6 Å². The highest BCUT2D eigenvalue weighted by Crippen LogP contribution is 2.29. The summed E-state index contributed by atoms with van der Waals surface area (Å²) in [6, 6.07) is 3.30. The van der Waals surface area contributed by atoms with Crippen molar-refractivity contribution in [3.63, 3.8) is 0 Å². The van der Waals surface area contributed by atoms with E-state index in [1.165, 1.54) is 4.31 Å². The predicted molar refractivity (Wildman–Crippen MR) is 83.2 cm³/mol. The Balaban J connectivity index is 2.41. The second-order valence-electron chi connectivity index (χ2n) is 5.34. The molecule has 1 N–H and O–H groups in total. The summed E-state index contributed by atoms with van der Waals surface area (Å²) in [7, 11) is -2.24. The zero-order valence-corrected chi connectivity index (χ0v) is 14.2. The Labute approximate surface area is 135 Å². The van der Waals surface area contributed by atoms with E-state index in [4.69, 9.17) is 14.6 Å². The fourth-order valence-electron chi connectivity index (χ4n) is 2.58. The van der Waals surface area contributed by atoms with Gasteiger partial charge in [0.1, 0.15) is 5.75 Å². The van der Waals surface area contributed by atoms with Gasteiger partial charge in [0.15, 0.2) is 6.10 Å². The van der Waals surface area contributed by atoms with Crippen LogP contribution in [0.3, 0.4) is 0 Å². The van der Waals surface area contributed by atoms with E-state index in [-0.39, 0.29) is 24.6 Å². The lowest BCUT2D eigenvalue weighted by Crippen LogP contribution is -2.48. The highest BCUT2D eigenvalue weighted by Gasteiger charge is 2.35. The molecule has 0 aromatic heterocycles. The van der Waals surface area contributed by atoms with Crippen LogP contribution in [-0.2, 0) is 26.0 Å². The van der Waals surface area contributed by atoms with Gasteiger partial charge in [-0.15, -0.1) is 0 Å². The lowest BCUT2D eigenvalue weighted by atomic mass is 10.1. The molecule has 0 radical (unpaired) electrons. The third-order valence-electron chi connectivity index (χ3n) is 3.88. The summed E-state index contributed by atoms with van der Waals surface area (Å²) in [5.74, 6) is -0.514. The first-order valence-electron chi connectivity index (χ1n) is 7.33. The quantitative estimate of drug-likeness (QED) is 0.859. The second kappa shape index (κ2) is 6.86. The van der Waals surface area contributed by atoms with Crippen molar-refractivity contribution in [3.8, 4) is 5.75 Å². The molecule has 23 heavy (non-hydrogen) atoms. The van der Waals surface area contributed by atoms with Gasteiger partial charge < -0.3 is 14.6 Å². The molecule has 8 heteroatoms. The molecule has 1 aliphatic heterocycles. The standard InChI is InChI=1S/C15H21NO6S/c1-4-11-8-14(10(2)7-12(11)21-3)23(19,20)16-5-6-22-13(9-16)15(17)18/h7-8,13H,4-6,9H2,1-3H3,(H,17,18). The Kier molecular flexibility index (Phi) is 5.28. The number of carboxylic acids is 1. The topological polar surface area (TPSA) is 93.1 Å². The molecule has 0 aliphatic carbocycles. The lowest BCUT2D eigenvalue weighted by molar-refractivity contribution is -0.153. The van der Waals surface area contributed by atoms with Gasteiger partial charge in [-0.25, -0.2) is 13.2 Å². The summed E-state index contributed by atoms with van der Waals surface area (Å²) in [4.78, 5) is 11.2. The first-order valence-corrected chi connectivity index (χ1v) is 8.77. The maximum absolute atomic E-state index is 12.9. The first kappa shape index (κ1) is 17.7. The summed E-state index contributed by atoms with van der Waals surface area (Å²) in [5, 5.41) is 9.03. The third-order valence-corrected chi connectivity index (χ3v) is 5.89. The Hall–Kier alpha value is -1.64. The Morgan fingerprint density at radius 1 is 1.48 bits per heavy atom. The fourth-order valence-corrected chi connectivity index (χ4v) is 4.26. The lowest BCUT2D eigenvalue weighted by Gasteiger charge is -2.30. The van der Waals surface area contributed by atoms with Crippen molar-refractivity contribution in [3.05, 3.63) is 23.3 Å². The highest BCUT2D eigenvalue weighted by atomic mass is 32.2. The molecule has 0 bridgehead atoms. The van der Waals surface area contributed by atoms with Crippen LogP contribution in [0.25, 0.3) is 0 Å². The molecule has 1 saturated heterocycles. The van der Waals surface area contributed by atoms with E-state index in [0.717, 1.165) is 5.56 Å². The molecule has 1 unspecified atom stereocenters. The molecule has 1 aromatic rings. The van der Waals surface area contributed by atoms with E-state index in [9.17, 15) is 13.2 Å². The van der Waals surface area contributed by atoms with E-state index >= 15 is 0 Å². The molecular formula is C15H21NO6S. The van der Waals surface area contributed by atoms with Crippen molar-refractivity contribution in [2.24, 2.45) is 0 Å². The average Bonchev–Trinajstić information content (AvgIpc) is 2.54. The zero-order valence-electron chi connectivity index (χ0n) is 13.4. The smallest absolute Gasteiger partial charge is 0.334 e. The van der Waals surface area contributed by atoms with Crippen LogP contribution in [-0.4, -0.2) is 56.7 Å². The largest absolute Gasteiger partial charge is 0.496 e. The second-order valence-corrected chi connectivity index (χ2v) is 7.25. The van der Waals surface area contributed by atoms with Crippen LogP contribution >= 0.6 is 0 Å². The number of ether oxygens (including phenoxy) is 2. The number of carboxylic acid groups (broad SMARTS) is 1. The molecular weight excluding hydrogens is 322 g/mol. The minimum absolute atomic E-state index is 0.0615. The summed E-state index contributed by atoms with van der Waals surface area (Å²) >= 11 is 0. The molecule has 128 valence electrons. The van der Waals surface area contributed by atoms with Crippen LogP contribution in [0.15, 0.2) is 17.0 Å². The summed E-state index contributed by atoms with van der Waals surface area (Å²) in [6.45, 7) is 3.62. The number of rotatable bonds is 5. The van der Waals surface area contributed by atoms with Crippen LogP contribution in [0.4, 0.5) is 0 Å². The first-order chi connectivity index (χ1) is 10.8. The maximum atomic E-state index is 12.9. The molecule has 1 aromatic carbocycles. The average molecular weight is 343 g/mol. The number of aryl methyl sites for hydroxylation is 2. The Morgan fingerprint density at radius 2 is 2.17 bits per heavy atom. The van der Waals surface area contributed by atoms with Gasteiger partial charge in [0, 0.05) is 6.54 Å². The molecule has 2 rings (SSSR count). The highest BCUT2D eigenvalue weighted by molar-refractivity contribution is 7.89. The van der Waals surface area contributed by atoms with Crippen LogP contribution in [0.5, 0.6) is 5.75 Å². The van der Waals surface area contributed by atoms with Crippen LogP contribution in [0.2, 0.25) is 0 Å². The van der Waals surface area contributed by atoms with Crippen LogP contribution in [0, 0.1) is 6.92 Å². The molecule has 0 amide bonds. The number of aliphatic carboxylic acids is 1. The van der Waals surface area contributed by atoms with Crippen molar-refractivity contribution in [1.29, 1.82) is 0 Å². The number of methoxy groups -OCH3 is 1. The van der Waals surface area contributed by atoms with Crippen molar-refractivity contribution in [1.82, 2.24) is 4.31 Å². The normalized spacial score (nSPS) is 19.5. The molecule has 0 saturated carbocycles. The van der Waals surface area contributed by atoms with Crippen molar-refractivity contribution < 1.29 is 27.8 Å². The zero-order chi connectivity index (χ0) is 17.2. The number of morpholine rings is 1. The fraction of sp³-hybridized carbons (Fsp3) is 0.533. The van der Waals surface area contributed by atoms with Gasteiger partial charge in [0.2, 0.25) is 10.0 Å². The molecule has 7 nitrogen and oxygen atoms in total. The number of sulfonamides is 1.